The maximum atomic E-state index is 14.6. The van der Waals surface area contributed by atoms with Gasteiger partial charge < -0.3 is 29.3 Å². The number of benzene rings is 1. The van der Waals surface area contributed by atoms with Crippen LogP contribution in [0.25, 0.3) is 0 Å². The molecule has 2 unspecified atom stereocenters. The molecule has 4 rings (SSSR count). The number of ether oxygens (including phenoxy) is 2. The van der Waals surface area contributed by atoms with Crippen molar-refractivity contribution in [3.8, 4) is 5.75 Å². The number of aliphatic hydroxyl groups is 1. The smallest absolute Gasteiger partial charge is 0.253 e. The van der Waals surface area contributed by atoms with Crippen LogP contribution < -0.4 is 9.64 Å². The number of amides is 3. The van der Waals surface area contributed by atoms with Crippen LogP contribution in [0.2, 0.25) is 0 Å². The predicted molar refractivity (Wildman–Crippen MR) is 148 cm³/mol. The molecular formula is C30H41N3O6. The zero-order valence-electron chi connectivity index (χ0n) is 23.4. The lowest BCUT2D eigenvalue weighted by Gasteiger charge is -2.40. The summed E-state index contributed by atoms with van der Waals surface area (Å²) in [5.41, 5.74) is -0.524. The molecule has 39 heavy (non-hydrogen) atoms. The van der Waals surface area contributed by atoms with Crippen LogP contribution in [0.5, 0.6) is 5.75 Å². The summed E-state index contributed by atoms with van der Waals surface area (Å²) in [6, 6.07) is 5.54. The lowest BCUT2D eigenvalue weighted by molar-refractivity contribution is -0.148. The molecule has 3 amide bonds. The van der Waals surface area contributed by atoms with Gasteiger partial charge in [0.05, 0.1) is 37.7 Å². The standard InChI is InChI=1S/C30H41N3O6/c1-7-16-31(5)27(35)24-23-14-15-30(39-23)25(24)28(36)33(22(18-34)19(4)9-3)26(30)29(37)32(17-8-2)20-10-12-21(38-6)13-11-20/h7-8,10-13,19,22-26,34H,1-2,9,14-18H2,3-6H3/t19-,22-,23+,24-,25-,26?,30?/m0/s1. The van der Waals surface area contributed by atoms with E-state index < -0.39 is 35.6 Å². The van der Waals surface area contributed by atoms with Crippen molar-refractivity contribution in [1.29, 1.82) is 0 Å². The van der Waals surface area contributed by atoms with Crippen LogP contribution in [-0.4, -0.2) is 90.3 Å². The Labute approximate surface area is 231 Å². The number of likely N-dealkylation sites (N-methyl/N-ethyl adjacent to an activating group) is 1. The molecule has 3 fully saturated rings. The summed E-state index contributed by atoms with van der Waals surface area (Å²) in [6.45, 7) is 11.8. The van der Waals surface area contributed by atoms with Crippen LogP contribution in [0.3, 0.4) is 0 Å². The Morgan fingerprint density at radius 3 is 2.46 bits per heavy atom. The lowest BCUT2D eigenvalue weighted by atomic mass is 9.70. The highest BCUT2D eigenvalue weighted by Gasteiger charge is 2.75. The molecule has 9 nitrogen and oxygen atoms in total. The fourth-order valence-electron chi connectivity index (χ4n) is 6.72. The van der Waals surface area contributed by atoms with Crippen LogP contribution in [0.4, 0.5) is 5.69 Å². The third-order valence-electron chi connectivity index (χ3n) is 8.84. The van der Waals surface area contributed by atoms with Crippen LogP contribution >= 0.6 is 0 Å². The molecule has 9 heteroatoms. The van der Waals surface area contributed by atoms with Gasteiger partial charge in [-0.1, -0.05) is 32.4 Å². The molecule has 0 radical (unpaired) electrons. The molecule has 1 spiro atoms. The molecule has 2 bridgehead atoms. The number of hydrogen-bond acceptors (Lipinski definition) is 6. The average Bonchev–Trinajstić information content (AvgIpc) is 3.59. The van der Waals surface area contributed by atoms with Gasteiger partial charge >= 0.3 is 0 Å². The Hall–Kier alpha value is -3.17. The summed E-state index contributed by atoms with van der Waals surface area (Å²) in [7, 11) is 3.26. The van der Waals surface area contributed by atoms with Crippen molar-refractivity contribution in [2.75, 3.05) is 38.8 Å². The van der Waals surface area contributed by atoms with Crippen molar-refractivity contribution >= 4 is 23.4 Å². The highest BCUT2D eigenvalue weighted by molar-refractivity contribution is 6.05. The molecule has 1 aromatic carbocycles. The number of aliphatic hydroxyl groups excluding tert-OH is 1. The van der Waals surface area contributed by atoms with E-state index in [4.69, 9.17) is 9.47 Å². The molecule has 0 aliphatic carbocycles. The van der Waals surface area contributed by atoms with E-state index in [2.05, 4.69) is 13.2 Å². The molecule has 0 aromatic heterocycles. The van der Waals surface area contributed by atoms with Gasteiger partial charge in [0.25, 0.3) is 5.91 Å². The Balaban J connectivity index is 1.82. The summed E-state index contributed by atoms with van der Waals surface area (Å²) in [4.78, 5) is 47.2. The number of hydrogen-bond donors (Lipinski definition) is 1. The zero-order valence-corrected chi connectivity index (χ0v) is 23.4. The molecule has 3 aliphatic rings. The highest BCUT2D eigenvalue weighted by Crippen LogP contribution is 2.59. The number of methoxy groups -OCH3 is 1. The van der Waals surface area contributed by atoms with E-state index >= 15 is 0 Å². The topological polar surface area (TPSA) is 99.6 Å². The van der Waals surface area contributed by atoms with Gasteiger partial charge in [-0.2, -0.15) is 0 Å². The third kappa shape index (κ3) is 4.65. The number of fused-ring (bicyclic) bond motifs is 1. The Morgan fingerprint density at radius 2 is 1.90 bits per heavy atom. The molecule has 1 N–H and O–H groups in total. The summed E-state index contributed by atoms with van der Waals surface area (Å²) < 4.78 is 11.9. The van der Waals surface area contributed by atoms with E-state index in [1.807, 2.05) is 13.8 Å². The molecule has 212 valence electrons. The lowest BCUT2D eigenvalue weighted by Crippen LogP contribution is -2.60. The number of nitrogens with zero attached hydrogens (tertiary/aromatic N) is 3. The monoisotopic (exact) mass is 539 g/mol. The fourth-order valence-corrected chi connectivity index (χ4v) is 6.72. The molecule has 7 atom stereocenters. The van der Waals surface area contributed by atoms with Gasteiger partial charge in [0.15, 0.2) is 0 Å². The summed E-state index contributed by atoms with van der Waals surface area (Å²) in [5.74, 6) is -1.71. The number of rotatable bonds is 12. The molecule has 1 aromatic rings. The minimum absolute atomic E-state index is 0.0758. The molecule has 3 heterocycles. The number of carbonyl (C=O) groups excluding carboxylic acids is 3. The SMILES string of the molecule is C=CCN(C)C(=O)[C@@H]1[C@H]2C(=O)N([C@@H](CO)[C@@H](C)CC)C(C(=O)N(CC=C)c3ccc(OC)cc3)C23CC[C@H]1O3. The van der Waals surface area contributed by atoms with Crippen molar-refractivity contribution in [1.82, 2.24) is 9.80 Å². The maximum absolute atomic E-state index is 14.6. The van der Waals surface area contributed by atoms with Crippen molar-refractivity contribution in [3.63, 3.8) is 0 Å². The fraction of sp³-hybridized carbons (Fsp3) is 0.567. The summed E-state index contributed by atoms with van der Waals surface area (Å²) >= 11 is 0. The van der Waals surface area contributed by atoms with E-state index in [1.54, 1.807) is 65.3 Å². The van der Waals surface area contributed by atoms with Crippen molar-refractivity contribution in [2.45, 2.75) is 56.9 Å². The van der Waals surface area contributed by atoms with Gasteiger partial charge in [-0.3, -0.25) is 14.4 Å². The summed E-state index contributed by atoms with van der Waals surface area (Å²) in [5, 5.41) is 10.5. The van der Waals surface area contributed by atoms with Gasteiger partial charge in [0.2, 0.25) is 11.8 Å². The van der Waals surface area contributed by atoms with Crippen molar-refractivity contribution in [2.24, 2.45) is 17.8 Å². The van der Waals surface area contributed by atoms with Gasteiger partial charge in [-0.05, 0) is 43.0 Å². The Bertz CT molecular complexity index is 1110. The third-order valence-corrected chi connectivity index (χ3v) is 8.84. The average molecular weight is 540 g/mol. The quantitative estimate of drug-likeness (QED) is 0.410. The second-order valence-corrected chi connectivity index (χ2v) is 10.9. The molecule has 0 saturated carbocycles. The van der Waals surface area contributed by atoms with Crippen LogP contribution in [0.15, 0.2) is 49.6 Å². The second-order valence-electron chi connectivity index (χ2n) is 10.9. The van der Waals surface area contributed by atoms with E-state index in [-0.39, 0.29) is 36.8 Å². The first-order valence-electron chi connectivity index (χ1n) is 13.7. The zero-order chi connectivity index (χ0) is 28.5. The van der Waals surface area contributed by atoms with Gasteiger partial charge in [-0.15, -0.1) is 13.2 Å². The van der Waals surface area contributed by atoms with Crippen LogP contribution in [0.1, 0.15) is 33.1 Å². The second kappa shape index (κ2) is 11.5. The van der Waals surface area contributed by atoms with Crippen molar-refractivity contribution < 1.29 is 29.0 Å². The first-order valence-corrected chi connectivity index (χ1v) is 13.7. The normalized spacial score (nSPS) is 28.5. The highest BCUT2D eigenvalue weighted by atomic mass is 16.5. The predicted octanol–water partition coefficient (Wildman–Crippen LogP) is 2.64. The molecule has 3 aliphatic heterocycles. The van der Waals surface area contributed by atoms with Gasteiger partial charge in [0, 0.05) is 25.8 Å². The van der Waals surface area contributed by atoms with Crippen molar-refractivity contribution in [3.05, 3.63) is 49.6 Å². The largest absolute Gasteiger partial charge is 0.497 e. The Morgan fingerprint density at radius 1 is 1.23 bits per heavy atom. The first-order chi connectivity index (χ1) is 18.7. The van der Waals surface area contributed by atoms with Gasteiger partial charge in [0.1, 0.15) is 17.4 Å². The maximum Gasteiger partial charge on any atom is 0.253 e. The van der Waals surface area contributed by atoms with E-state index in [9.17, 15) is 19.5 Å². The summed E-state index contributed by atoms with van der Waals surface area (Å²) in [6.07, 6.45) is 4.61. The first kappa shape index (κ1) is 28.8. The minimum atomic E-state index is -1.15. The van der Waals surface area contributed by atoms with Crippen LogP contribution in [0, 0.1) is 17.8 Å². The van der Waals surface area contributed by atoms with E-state index in [0.29, 0.717) is 37.2 Å². The Kier molecular flexibility index (Phi) is 8.51. The van der Waals surface area contributed by atoms with Gasteiger partial charge in [-0.25, -0.2) is 0 Å². The number of anilines is 1. The van der Waals surface area contributed by atoms with E-state index in [1.165, 1.54) is 0 Å². The number of likely N-dealkylation sites (tertiary alicyclic amines) is 1. The molecule has 3 saturated heterocycles. The van der Waals surface area contributed by atoms with Crippen LogP contribution in [-0.2, 0) is 19.1 Å². The van der Waals surface area contributed by atoms with E-state index in [0.717, 1.165) is 0 Å². The minimum Gasteiger partial charge on any atom is -0.497 e. The molecular weight excluding hydrogens is 498 g/mol. The number of carbonyl (C=O) groups is 3.